The zero-order chi connectivity index (χ0) is 20.4. The average molecular weight is 392 g/mol. The van der Waals surface area contributed by atoms with Crippen molar-refractivity contribution in [1.82, 2.24) is 0 Å². The van der Waals surface area contributed by atoms with Crippen molar-refractivity contribution in [2.24, 2.45) is 0 Å². The summed E-state index contributed by atoms with van der Waals surface area (Å²) < 4.78 is 27.7. The van der Waals surface area contributed by atoms with E-state index in [0.29, 0.717) is 17.8 Å². The first-order valence-corrected chi connectivity index (χ1v) is 9.30. The van der Waals surface area contributed by atoms with Gasteiger partial charge in [0, 0.05) is 23.5 Å². The molecule has 3 aromatic carbocycles. The molecule has 0 atom stereocenters. The summed E-state index contributed by atoms with van der Waals surface area (Å²) >= 11 is 0. The fraction of sp³-hybridized carbons (Fsp3) is 0.130. The van der Waals surface area contributed by atoms with Crippen LogP contribution in [0.3, 0.4) is 0 Å². The van der Waals surface area contributed by atoms with Crippen LogP contribution in [0, 0.1) is 11.6 Å². The molecule has 0 radical (unpaired) electrons. The van der Waals surface area contributed by atoms with Crippen molar-refractivity contribution in [3.05, 3.63) is 95.1 Å². The Morgan fingerprint density at radius 1 is 0.897 bits per heavy atom. The summed E-state index contributed by atoms with van der Waals surface area (Å²) in [7, 11) is 0. The van der Waals surface area contributed by atoms with Crippen LogP contribution in [0.4, 0.5) is 20.2 Å². The molecule has 4 rings (SSSR count). The molecular weight excluding hydrogens is 374 g/mol. The van der Waals surface area contributed by atoms with Gasteiger partial charge < -0.3 is 10.2 Å². The second-order valence-electron chi connectivity index (χ2n) is 6.82. The van der Waals surface area contributed by atoms with Crippen molar-refractivity contribution in [2.75, 3.05) is 16.8 Å². The van der Waals surface area contributed by atoms with Crippen molar-refractivity contribution >= 4 is 23.2 Å². The van der Waals surface area contributed by atoms with Gasteiger partial charge in [0.1, 0.15) is 17.2 Å². The molecule has 0 saturated carbocycles. The Morgan fingerprint density at radius 3 is 2.34 bits per heavy atom. The van der Waals surface area contributed by atoms with E-state index in [-0.39, 0.29) is 5.91 Å². The lowest BCUT2D eigenvalue weighted by Gasteiger charge is -2.30. The Balaban J connectivity index is 1.59. The first-order valence-electron chi connectivity index (χ1n) is 9.30. The fourth-order valence-corrected chi connectivity index (χ4v) is 3.53. The monoisotopic (exact) mass is 392 g/mol. The number of carbonyl (C=O) groups excluding carboxylic acids is 2. The maximum Gasteiger partial charge on any atom is 0.261 e. The van der Waals surface area contributed by atoms with Crippen LogP contribution in [0.1, 0.15) is 32.7 Å². The summed E-state index contributed by atoms with van der Waals surface area (Å²) in [5.41, 5.74) is 2.08. The van der Waals surface area contributed by atoms with E-state index in [4.69, 9.17) is 0 Å². The molecule has 0 aromatic heterocycles. The number of hydrogen-bond donors (Lipinski definition) is 1. The lowest BCUT2D eigenvalue weighted by atomic mass is 10.00. The minimum Gasteiger partial charge on any atom is -0.322 e. The number of carbonyl (C=O) groups is 2. The number of aryl methyl sites for hydroxylation is 1. The molecule has 0 fully saturated rings. The molecule has 0 aliphatic carbocycles. The number of hydrogen-bond acceptors (Lipinski definition) is 2. The zero-order valence-electron chi connectivity index (χ0n) is 15.5. The molecule has 4 nitrogen and oxygen atoms in total. The van der Waals surface area contributed by atoms with Crippen molar-refractivity contribution < 1.29 is 18.4 Å². The van der Waals surface area contributed by atoms with Crippen LogP contribution in [-0.4, -0.2) is 18.4 Å². The zero-order valence-corrected chi connectivity index (χ0v) is 15.5. The van der Waals surface area contributed by atoms with Gasteiger partial charge in [0.15, 0.2) is 0 Å². The number of rotatable bonds is 3. The minimum absolute atomic E-state index is 0.0863. The van der Waals surface area contributed by atoms with E-state index in [2.05, 4.69) is 5.32 Å². The van der Waals surface area contributed by atoms with Gasteiger partial charge in [-0.3, -0.25) is 9.59 Å². The Hall–Kier alpha value is -3.54. The molecule has 29 heavy (non-hydrogen) atoms. The quantitative estimate of drug-likeness (QED) is 0.695. The average Bonchev–Trinajstić information content (AvgIpc) is 2.73. The van der Waals surface area contributed by atoms with Gasteiger partial charge in [-0.15, -0.1) is 0 Å². The van der Waals surface area contributed by atoms with Gasteiger partial charge in [-0.05, 0) is 60.9 Å². The largest absolute Gasteiger partial charge is 0.322 e. The summed E-state index contributed by atoms with van der Waals surface area (Å²) in [6.07, 6.45) is 1.52. The maximum atomic E-state index is 13.8. The summed E-state index contributed by atoms with van der Waals surface area (Å²) in [5.74, 6) is -2.77. The number of nitrogens with one attached hydrogen (secondary N) is 1. The van der Waals surface area contributed by atoms with E-state index in [1.54, 1.807) is 35.2 Å². The number of halogens is 2. The molecule has 1 N–H and O–H groups in total. The highest BCUT2D eigenvalue weighted by atomic mass is 19.1. The Morgan fingerprint density at radius 2 is 1.62 bits per heavy atom. The van der Waals surface area contributed by atoms with E-state index in [1.165, 1.54) is 6.07 Å². The first kappa shape index (κ1) is 18.8. The van der Waals surface area contributed by atoms with Crippen LogP contribution in [0.25, 0.3) is 0 Å². The summed E-state index contributed by atoms with van der Waals surface area (Å²) in [6, 6.07) is 17.5. The van der Waals surface area contributed by atoms with E-state index >= 15 is 0 Å². The van der Waals surface area contributed by atoms with Gasteiger partial charge in [0.2, 0.25) is 0 Å². The standard InChI is InChI=1S/C23H18F2N2O2/c24-18-9-4-10-19(25)21(18)22(28)26-17-11-12-20-16(14-17)8-5-13-27(20)23(29)15-6-2-1-3-7-15/h1-4,6-7,9-12,14H,5,8,13H2,(H,26,28). The molecule has 6 heteroatoms. The van der Waals surface area contributed by atoms with Crippen LogP contribution < -0.4 is 10.2 Å². The molecule has 1 heterocycles. The molecule has 0 unspecified atom stereocenters. The molecule has 0 spiro atoms. The second-order valence-corrected chi connectivity index (χ2v) is 6.82. The van der Waals surface area contributed by atoms with E-state index in [0.717, 1.165) is 36.2 Å². The number of benzene rings is 3. The van der Waals surface area contributed by atoms with Crippen LogP contribution in [0.15, 0.2) is 66.7 Å². The normalized spacial score (nSPS) is 13.0. The highest BCUT2D eigenvalue weighted by Crippen LogP contribution is 2.31. The van der Waals surface area contributed by atoms with Crippen molar-refractivity contribution in [3.63, 3.8) is 0 Å². The van der Waals surface area contributed by atoms with E-state index in [1.807, 2.05) is 18.2 Å². The first-order chi connectivity index (χ1) is 14.0. The van der Waals surface area contributed by atoms with Gasteiger partial charge in [0.25, 0.3) is 11.8 Å². The Labute approximate surface area is 166 Å². The van der Waals surface area contributed by atoms with Crippen LogP contribution in [0.5, 0.6) is 0 Å². The molecule has 0 bridgehead atoms. The third kappa shape index (κ3) is 3.74. The topological polar surface area (TPSA) is 49.4 Å². The highest BCUT2D eigenvalue weighted by Gasteiger charge is 2.24. The Kier molecular flexibility index (Phi) is 5.08. The lowest BCUT2D eigenvalue weighted by Crippen LogP contribution is -2.35. The number of amides is 2. The van der Waals surface area contributed by atoms with Gasteiger partial charge in [-0.1, -0.05) is 24.3 Å². The second kappa shape index (κ2) is 7.83. The lowest BCUT2D eigenvalue weighted by molar-refractivity contribution is 0.0982. The summed E-state index contributed by atoms with van der Waals surface area (Å²) in [4.78, 5) is 26.9. The third-order valence-electron chi connectivity index (χ3n) is 4.91. The molecular formula is C23H18F2N2O2. The molecule has 1 aliphatic rings. The van der Waals surface area contributed by atoms with Gasteiger partial charge in [0.05, 0.1) is 0 Å². The van der Waals surface area contributed by atoms with Crippen molar-refractivity contribution in [3.8, 4) is 0 Å². The van der Waals surface area contributed by atoms with Crippen LogP contribution >= 0.6 is 0 Å². The minimum atomic E-state index is -0.917. The fourth-order valence-electron chi connectivity index (χ4n) is 3.53. The third-order valence-corrected chi connectivity index (χ3v) is 4.91. The number of nitrogens with zero attached hydrogens (tertiary/aromatic N) is 1. The summed E-state index contributed by atoms with van der Waals surface area (Å²) in [5, 5.41) is 2.54. The number of anilines is 2. The molecule has 2 amide bonds. The molecule has 1 aliphatic heterocycles. The predicted octanol–water partition coefficient (Wildman–Crippen LogP) is 4.81. The highest BCUT2D eigenvalue weighted by molar-refractivity contribution is 6.07. The van der Waals surface area contributed by atoms with Crippen LogP contribution in [-0.2, 0) is 6.42 Å². The van der Waals surface area contributed by atoms with Gasteiger partial charge in [-0.25, -0.2) is 8.78 Å². The van der Waals surface area contributed by atoms with Gasteiger partial charge in [-0.2, -0.15) is 0 Å². The van der Waals surface area contributed by atoms with Gasteiger partial charge >= 0.3 is 0 Å². The van der Waals surface area contributed by atoms with Crippen molar-refractivity contribution in [1.29, 1.82) is 0 Å². The maximum absolute atomic E-state index is 13.8. The molecule has 0 saturated heterocycles. The van der Waals surface area contributed by atoms with Crippen LogP contribution in [0.2, 0.25) is 0 Å². The smallest absolute Gasteiger partial charge is 0.261 e. The Bertz CT molecular complexity index is 1060. The summed E-state index contributed by atoms with van der Waals surface area (Å²) in [6.45, 7) is 0.604. The SMILES string of the molecule is O=C(Nc1ccc2c(c1)CCCN2C(=O)c1ccccc1)c1c(F)cccc1F. The predicted molar refractivity (Wildman–Crippen MR) is 107 cm³/mol. The van der Waals surface area contributed by atoms with E-state index < -0.39 is 23.1 Å². The van der Waals surface area contributed by atoms with E-state index in [9.17, 15) is 18.4 Å². The van der Waals surface area contributed by atoms with Crippen molar-refractivity contribution in [2.45, 2.75) is 12.8 Å². The molecule has 3 aromatic rings. The molecule has 146 valence electrons. The number of fused-ring (bicyclic) bond motifs is 1.